The maximum atomic E-state index is 11.8. The number of carbonyl (C=O) groups is 2. The van der Waals surface area contributed by atoms with Crippen LogP contribution in [0.3, 0.4) is 0 Å². The van der Waals surface area contributed by atoms with Crippen molar-refractivity contribution < 1.29 is 19.8 Å². The molecule has 0 aliphatic carbocycles. The van der Waals surface area contributed by atoms with E-state index in [1.165, 1.54) is 0 Å². The fourth-order valence-corrected chi connectivity index (χ4v) is 2.33. The zero-order valence-corrected chi connectivity index (χ0v) is 20.2. The van der Waals surface area contributed by atoms with Gasteiger partial charge in [0, 0.05) is 13.1 Å². The number of hydrogen-bond donors (Lipinski definition) is 8. The summed E-state index contributed by atoms with van der Waals surface area (Å²) in [6, 6.07) is 0. The lowest BCUT2D eigenvalue weighted by molar-refractivity contribution is -0.137. The van der Waals surface area contributed by atoms with Gasteiger partial charge in [0.1, 0.15) is 0 Å². The van der Waals surface area contributed by atoms with E-state index in [0.29, 0.717) is 38.9 Å². The summed E-state index contributed by atoms with van der Waals surface area (Å²) in [5.41, 5.74) is 15.8. The Morgan fingerprint density at radius 3 is 2.13 bits per heavy atom. The molecule has 0 unspecified atom stereocenters. The van der Waals surface area contributed by atoms with Crippen LogP contribution in [0.1, 0.15) is 44.9 Å². The van der Waals surface area contributed by atoms with Crippen LogP contribution in [0.15, 0.2) is 4.99 Å². The summed E-state index contributed by atoms with van der Waals surface area (Å²) in [6.45, 7) is 3.23. The summed E-state index contributed by atoms with van der Waals surface area (Å²) in [7, 11) is 0. The average Bonchev–Trinajstić information content (AvgIpc) is 2.62. The number of unbranched alkanes of at least 4 members (excludes halogenated alkanes) is 2. The number of nitrogens with zero attached hydrogens (tertiary/aromatic N) is 1. The second-order valence-corrected chi connectivity index (χ2v) is 6.52. The molecule has 0 aromatic rings. The smallest absolute Gasteiger partial charge is 0.269 e. The van der Waals surface area contributed by atoms with Crippen LogP contribution in [0.5, 0.6) is 0 Å². The Bertz CT molecular complexity index is 473. The standard InChI is InChI=1S/C17H37N7O4.3ClH/c18-7-5-9-21-8-3-4-10-22-15(27)16(28)24-14(26)12-13(25)6-1-2-11-23-17(19)20;;;/h13,16,21,25,28H,1-12,18H2,(H,22,27)(H,24,26)(H4,19,20,23);3*1H/t13-,16-;;;/m0.../s1. The van der Waals surface area contributed by atoms with Gasteiger partial charge in [-0.2, -0.15) is 0 Å². The van der Waals surface area contributed by atoms with Crippen molar-refractivity contribution in [2.45, 2.75) is 57.3 Å². The fourth-order valence-electron chi connectivity index (χ4n) is 2.33. The van der Waals surface area contributed by atoms with Crippen molar-refractivity contribution >= 4 is 55.0 Å². The van der Waals surface area contributed by atoms with Crippen molar-refractivity contribution in [1.29, 1.82) is 0 Å². The van der Waals surface area contributed by atoms with Crippen LogP contribution in [0, 0.1) is 0 Å². The molecule has 11 N–H and O–H groups in total. The summed E-state index contributed by atoms with van der Waals surface area (Å²) in [4.78, 5) is 27.3. The summed E-state index contributed by atoms with van der Waals surface area (Å²) >= 11 is 0. The molecule has 0 aliphatic heterocycles. The van der Waals surface area contributed by atoms with E-state index < -0.39 is 24.1 Å². The molecule has 0 spiro atoms. The van der Waals surface area contributed by atoms with Crippen molar-refractivity contribution in [3.05, 3.63) is 0 Å². The third kappa shape index (κ3) is 25.1. The van der Waals surface area contributed by atoms with Crippen LogP contribution in [0.4, 0.5) is 0 Å². The van der Waals surface area contributed by atoms with E-state index in [1.807, 2.05) is 0 Å². The van der Waals surface area contributed by atoms with Crippen molar-refractivity contribution in [3.63, 3.8) is 0 Å². The van der Waals surface area contributed by atoms with Gasteiger partial charge < -0.3 is 43.4 Å². The minimum atomic E-state index is -1.63. The van der Waals surface area contributed by atoms with Crippen LogP contribution in [0.2, 0.25) is 0 Å². The molecule has 2 amide bonds. The molecule has 188 valence electrons. The Morgan fingerprint density at radius 1 is 0.903 bits per heavy atom. The number of aliphatic hydroxyl groups excluding tert-OH is 2. The van der Waals surface area contributed by atoms with Crippen molar-refractivity contribution in [1.82, 2.24) is 16.0 Å². The molecular formula is C17H40Cl3N7O4. The number of carbonyl (C=O) groups excluding carboxylic acids is 2. The van der Waals surface area contributed by atoms with Gasteiger partial charge in [0.2, 0.25) is 12.1 Å². The van der Waals surface area contributed by atoms with E-state index in [-0.39, 0.29) is 49.6 Å². The summed E-state index contributed by atoms with van der Waals surface area (Å²) in [5, 5.41) is 27.5. The number of amides is 2. The molecule has 2 atom stereocenters. The van der Waals surface area contributed by atoms with Crippen molar-refractivity contribution in [2.75, 3.05) is 32.7 Å². The van der Waals surface area contributed by atoms with Gasteiger partial charge in [-0.3, -0.25) is 14.6 Å². The topological polar surface area (TPSA) is 201 Å². The van der Waals surface area contributed by atoms with Gasteiger partial charge in [0.15, 0.2) is 5.96 Å². The number of guanidine groups is 1. The molecule has 0 heterocycles. The molecule has 11 nitrogen and oxygen atoms in total. The van der Waals surface area contributed by atoms with E-state index in [4.69, 9.17) is 17.2 Å². The molecule has 14 heteroatoms. The fraction of sp³-hybridized carbons (Fsp3) is 0.824. The second kappa shape index (κ2) is 25.2. The Morgan fingerprint density at radius 2 is 1.52 bits per heavy atom. The highest BCUT2D eigenvalue weighted by atomic mass is 35.5. The minimum Gasteiger partial charge on any atom is -0.393 e. The molecule has 0 rings (SSSR count). The van der Waals surface area contributed by atoms with Gasteiger partial charge in [0.05, 0.1) is 12.5 Å². The van der Waals surface area contributed by atoms with E-state index >= 15 is 0 Å². The van der Waals surface area contributed by atoms with Gasteiger partial charge in [-0.05, 0) is 58.2 Å². The second-order valence-electron chi connectivity index (χ2n) is 6.52. The van der Waals surface area contributed by atoms with E-state index in [9.17, 15) is 19.8 Å². The molecule has 31 heavy (non-hydrogen) atoms. The van der Waals surface area contributed by atoms with Crippen LogP contribution in [-0.2, 0) is 9.59 Å². The molecule has 0 aromatic heterocycles. The van der Waals surface area contributed by atoms with Crippen LogP contribution in [-0.4, -0.2) is 73.0 Å². The number of rotatable bonds is 17. The SMILES string of the molecule is Cl.Cl.Cl.NCCCNCCCCNC(=O)[C@H](O)NC(=O)C[C@@H](O)CCCCN=C(N)N. The normalized spacial score (nSPS) is 11.6. The average molecular weight is 513 g/mol. The summed E-state index contributed by atoms with van der Waals surface area (Å²) in [6.07, 6.45) is 1.60. The van der Waals surface area contributed by atoms with Crippen molar-refractivity contribution in [3.8, 4) is 0 Å². The first kappa shape index (κ1) is 37.2. The number of nitrogens with one attached hydrogen (secondary N) is 3. The van der Waals surface area contributed by atoms with Crippen LogP contribution in [0.25, 0.3) is 0 Å². The highest BCUT2D eigenvalue weighted by molar-refractivity contribution is 5.86. The molecule has 0 bridgehead atoms. The largest absolute Gasteiger partial charge is 0.393 e. The molecular weight excluding hydrogens is 473 g/mol. The predicted octanol–water partition coefficient (Wildman–Crippen LogP) is -1.28. The summed E-state index contributed by atoms with van der Waals surface area (Å²) in [5.74, 6) is -1.24. The monoisotopic (exact) mass is 511 g/mol. The minimum absolute atomic E-state index is 0. The lowest BCUT2D eigenvalue weighted by Crippen LogP contribution is -2.47. The highest BCUT2D eigenvalue weighted by Crippen LogP contribution is 2.05. The zero-order valence-electron chi connectivity index (χ0n) is 17.8. The number of halogens is 3. The Labute approximate surface area is 203 Å². The Balaban J connectivity index is -0.00000121. The lowest BCUT2D eigenvalue weighted by Gasteiger charge is -2.15. The first-order chi connectivity index (χ1) is 13.4. The quantitative estimate of drug-likeness (QED) is 0.0509. The van der Waals surface area contributed by atoms with Gasteiger partial charge >= 0.3 is 0 Å². The van der Waals surface area contributed by atoms with Crippen LogP contribution < -0.4 is 33.2 Å². The van der Waals surface area contributed by atoms with Crippen LogP contribution >= 0.6 is 37.2 Å². The maximum absolute atomic E-state index is 11.8. The van der Waals surface area contributed by atoms with Gasteiger partial charge in [-0.25, -0.2) is 0 Å². The van der Waals surface area contributed by atoms with E-state index in [2.05, 4.69) is 20.9 Å². The number of aliphatic imine (C=N–C) groups is 1. The third-order valence-corrected chi connectivity index (χ3v) is 3.84. The van der Waals surface area contributed by atoms with Gasteiger partial charge in [0.25, 0.3) is 5.91 Å². The lowest BCUT2D eigenvalue weighted by atomic mass is 10.1. The summed E-state index contributed by atoms with van der Waals surface area (Å²) < 4.78 is 0. The number of aliphatic hydroxyl groups is 2. The molecule has 0 radical (unpaired) electrons. The molecule has 0 saturated heterocycles. The van der Waals surface area contributed by atoms with E-state index in [1.54, 1.807) is 0 Å². The first-order valence-electron chi connectivity index (χ1n) is 9.76. The van der Waals surface area contributed by atoms with E-state index in [0.717, 1.165) is 32.4 Å². The first-order valence-corrected chi connectivity index (χ1v) is 9.76. The van der Waals surface area contributed by atoms with Gasteiger partial charge in [-0.1, -0.05) is 0 Å². The van der Waals surface area contributed by atoms with Crippen molar-refractivity contribution in [2.24, 2.45) is 22.2 Å². The van der Waals surface area contributed by atoms with Gasteiger partial charge in [-0.15, -0.1) is 37.2 Å². The zero-order chi connectivity index (χ0) is 21.2. The maximum Gasteiger partial charge on any atom is 0.269 e. The third-order valence-electron chi connectivity index (χ3n) is 3.84. The molecule has 0 aromatic carbocycles. The Kier molecular flexibility index (Phi) is 30.3. The molecule has 0 saturated carbocycles. The predicted molar refractivity (Wildman–Crippen MR) is 130 cm³/mol. The number of hydrogen-bond acceptors (Lipinski definition) is 7. The Hall–Kier alpha value is -1.08. The highest BCUT2D eigenvalue weighted by Gasteiger charge is 2.18. The molecule has 0 aliphatic rings. The number of nitrogens with two attached hydrogens (primary N) is 3. The molecule has 0 fully saturated rings.